The quantitative estimate of drug-likeness (QED) is 0.198. The van der Waals surface area contributed by atoms with Gasteiger partial charge in [-0.15, -0.1) is 21.5 Å². The van der Waals surface area contributed by atoms with Crippen LogP contribution in [0.2, 0.25) is 10.0 Å². The van der Waals surface area contributed by atoms with Crippen LogP contribution in [0.1, 0.15) is 21.8 Å². The zero-order chi connectivity index (χ0) is 25.5. The lowest BCUT2D eigenvalue weighted by Crippen LogP contribution is -2.48. The average molecular weight is 547 g/mol. The van der Waals surface area contributed by atoms with Crippen molar-refractivity contribution in [2.75, 3.05) is 32.9 Å². The fraction of sp³-hybridized carbons (Fsp3) is 0.250. The van der Waals surface area contributed by atoms with Gasteiger partial charge in [-0.05, 0) is 24.3 Å². The van der Waals surface area contributed by atoms with Gasteiger partial charge in [0.05, 0.1) is 28.8 Å². The molecule has 1 N–H and O–H groups in total. The molecule has 0 saturated carbocycles. The Morgan fingerprint density at radius 3 is 2.67 bits per heavy atom. The van der Waals surface area contributed by atoms with Gasteiger partial charge in [0.15, 0.2) is 5.01 Å². The lowest BCUT2D eigenvalue weighted by atomic mass is 10.0. The smallest absolute Gasteiger partial charge is 0.294 e. The molecule has 1 aliphatic rings. The summed E-state index contributed by atoms with van der Waals surface area (Å²) in [5.41, 5.74) is 5.72. The maximum atomic E-state index is 13.0. The Kier molecular flexibility index (Phi) is 8.74. The van der Waals surface area contributed by atoms with Gasteiger partial charge in [-0.1, -0.05) is 53.2 Å². The minimum absolute atomic E-state index is 0.0859. The van der Waals surface area contributed by atoms with Crippen molar-refractivity contribution < 1.29 is 19.5 Å². The number of aromatic nitrogens is 1. The minimum Gasteiger partial charge on any atom is -0.379 e. The number of hydrogen-bond donors (Lipinski definition) is 1. The molecule has 0 atom stereocenters. The molecule has 1 saturated heterocycles. The molecule has 1 amide bonds. The second-order valence-corrected chi connectivity index (χ2v) is 9.39. The van der Waals surface area contributed by atoms with Crippen LogP contribution in [-0.4, -0.2) is 53.9 Å². The Morgan fingerprint density at radius 1 is 1.22 bits per heavy atom. The van der Waals surface area contributed by atoms with Crippen LogP contribution in [-0.2, 0) is 9.57 Å². The van der Waals surface area contributed by atoms with E-state index in [1.54, 1.807) is 18.2 Å². The van der Waals surface area contributed by atoms with E-state index in [1.165, 1.54) is 11.3 Å². The first-order chi connectivity index (χ1) is 17.4. The SMILES string of the molecule is O=C(NN1CCOCC1)c1nc(-c2ccc(C#CCCO[N+](=O)[O-])cc2)c(-c2ccc(Cl)cc2Cl)s1. The largest absolute Gasteiger partial charge is 0.379 e. The van der Waals surface area contributed by atoms with Crippen LogP contribution in [0.3, 0.4) is 0 Å². The molecule has 186 valence electrons. The highest BCUT2D eigenvalue weighted by atomic mass is 35.5. The number of hydrogen-bond acceptors (Lipinski definition) is 8. The van der Waals surface area contributed by atoms with E-state index in [9.17, 15) is 14.9 Å². The summed E-state index contributed by atoms with van der Waals surface area (Å²) in [6, 6.07) is 12.5. The zero-order valence-electron chi connectivity index (χ0n) is 18.8. The molecule has 12 heteroatoms. The number of carbonyl (C=O) groups excluding carboxylic acids is 1. The molecule has 0 aliphatic carbocycles. The maximum absolute atomic E-state index is 13.0. The van der Waals surface area contributed by atoms with E-state index in [0.29, 0.717) is 52.6 Å². The third-order valence-corrected chi connectivity index (χ3v) is 6.72. The van der Waals surface area contributed by atoms with E-state index < -0.39 is 5.09 Å². The first-order valence-corrected chi connectivity index (χ1v) is 12.4. The number of nitrogens with one attached hydrogen (secondary N) is 1. The Morgan fingerprint density at radius 2 is 1.97 bits per heavy atom. The first kappa shape index (κ1) is 25.9. The van der Waals surface area contributed by atoms with E-state index in [-0.39, 0.29) is 18.9 Å². The van der Waals surface area contributed by atoms with Crippen LogP contribution >= 0.6 is 34.5 Å². The summed E-state index contributed by atoms with van der Waals surface area (Å²) < 4.78 is 5.33. The second-order valence-electron chi connectivity index (χ2n) is 7.55. The third kappa shape index (κ3) is 6.72. The summed E-state index contributed by atoms with van der Waals surface area (Å²) in [7, 11) is 0. The Hall–Kier alpha value is -3.20. The molecular weight excluding hydrogens is 527 g/mol. The van der Waals surface area contributed by atoms with Gasteiger partial charge < -0.3 is 9.57 Å². The summed E-state index contributed by atoms with van der Waals surface area (Å²) in [6.07, 6.45) is 0.232. The summed E-state index contributed by atoms with van der Waals surface area (Å²) in [6.45, 7) is 2.21. The lowest BCUT2D eigenvalue weighted by Gasteiger charge is -2.26. The van der Waals surface area contributed by atoms with E-state index in [0.717, 1.165) is 16.0 Å². The molecule has 4 rings (SSSR count). The molecule has 0 spiro atoms. The van der Waals surface area contributed by atoms with Crippen molar-refractivity contribution in [3.63, 3.8) is 0 Å². The number of amides is 1. The molecular formula is C24H20Cl2N4O5S. The summed E-state index contributed by atoms with van der Waals surface area (Å²) >= 11 is 13.8. The topological polar surface area (TPSA) is 107 Å². The number of nitrogens with zero attached hydrogens (tertiary/aromatic N) is 3. The molecule has 36 heavy (non-hydrogen) atoms. The molecule has 0 bridgehead atoms. The highest BCUT2D eigenvalue weighted by Gasteiger charge is 2.23. The summed E-state index contributed by atoms with van der Waals surface area (Å²) in [5, 5.41) is 12.4. The predicted octanol–water partition coefficient (Wildman–Crippen LogP) is 4.71. The van der Waals surface area contributed by atoms with Crippen molar-refractivity contribution in [3.05, 3.63) is 73.2 Å². The van der Waals surface area contributed by atoms with Gasteiger partial charge in [0.25, 0.3) is 11.0 Å². The number of morpholine rings is 1. The number of halogens is 2. The van der Waals surface area contributed by atoms with Crippen LogP contribution in [0.15, 0.2) is 42.5 Å². The van der Waals surface area contributed by atoms with Gasteiger partial charge in [-0.25, -0.2) is 9.99 Å². The van der Waals surface area contributed by atoms with E-state index in [4.69, 9.17) is 27.9 Å². The molecule has 3 aromatic rings. The fourth-order valence-electron chi connectivity index (χ4n) is 3.38. The molecule has 1 fully saturated rings. The highest BCUT2D eigenvalue weighted by molar-refractivity contribution is 7.17. The summed E-state index contributed by atoms with van der Waals surface area (Å²) in [4.78, 5) is 32.8. The standard InChI is InChI=1S/C24H20Cl2N4O5S/c25-18-8-9-19(20(26)15-18)22-21(27-24(36-22)23(31)28-29-10-13-34-14-11-29)17-6-4-16(5-7-17)3-1-2-12-35-30(32)33/h4-9,15H,2,10-14H2,(H,28,31). The van der Waals surface area contributed by atoms with Crippen LogP contribution in [0, 0.1) is 22.0 Å². The number of rotatable bonds is 7. The number of carbonyl (C=O) groups is 1. The van der Waals surface area contributed by atoms with E-state index >= 15 is 0 Å². The third-order valence-electron chi connectivity index (χ3n) is 5.08. The van der Waals surface area contributed by atoms with Crippen molar-refractivity contribution in [1.82, 2.24) is 15.4 Å². The number of thiazole rings is 1. The van der Waals surface area contributed by atoms with Gasteiger partial charge in [0.1, 0.15) is 6.61 Å². The van der Waals surface area contributed by atoms with Crippen molar-refractivity contribution >= 4 is 40.4 Å². The minimum atomic E-state index is -0.843. The Balaban J connectivity index is 1.61. The fourth-order valence-corrected chi connectivity index (χ4v) is 4.96. The average Bonchev–Trinajstić information content (AvgIpc) is 3.30. The van der Waals surface area contributed by atoms with Crippen LogP contribution in [0.4, 0.5) is 0 Å². The van der Waals surface area contributed by atoms with Gasteiger partial charge in [0, 0.05) is 41.2 Å². The van der Waals surface area contributed by atoms with Gasteiger partial charge in [-0.2, -0.15) is 0 Å². The molecule has 1 aromatic heterocycles. The van der Waals surface area contributed by atoms with Crippen molar-refractivity contribution in [2.24, 2.45) is 0 Å². The monoisotopic (exact) mass is 546 g/mol. The normalized spacial score (nSPS) is 13.5. The van der Waals surface area contributed by atoms with Gasteiger partial charge in [-0.3, -0.25) is 10.2 Å². The zero-order valence-corrected chi connectivity index (χ0v) is 21.2. The molecule has 2 aromatic carbocycles. The Labute approximate surface area is 221 Å². The number of hydrazine groups is 1. The summed E-state index contributed by atoms with van der Waals surface area (Å²) in [5.74, 6) is 5.47. The van der Waals surface area contributed by atoms with Gasteiger partial charge >= 0.3 is 0 Å². The van der Waals surface area contributed by atoms with Crippen LogP contribution in [0.25, 0.3) is 21.7 Å². The highest BCUT2D eigenvalue weighted by Crippen LogP contribution is 2.41. The predicted molar refractivity (Wildman–Crippen MR) is 137 cm³/mol. The van der Waals surface area contributed by atoms with Gasteiger partial charge in [0.2, 0.25) is 0 Å². The van der Waals surface area contributed by atoms with Crippen molar-refractivity contribution in [2.45, 2.75) is 6.42 Å². The lowest BCUT2D eigenvalue weighted by molar-refractivity contribution is -0.757. The Bertz CT molecular complexity index is 1310. The van der Waals surface area contributed by atoms with E-state index in [2.05, 4.69) is 27.1 Å². The van der Waals surface area contributed by atoms with Crippen LogP contribution < -0.4 is 5.43 Å². The van der Waals surface area contributed by atoms with E-state index in [1.807, 2.05) is 29.3 Å². The molecule has 0 radical (unpaired) electrons. The first-order valence-electron chi connectivity index (χ1n) is 10.9. The molecule has 2 heterocycles. The number of ether oxygens (including phenoxy) is 1. The molecule has 1 aliphatic heterocycles. The number of benzene rings is 2. The molecule has 9 nitrogen and oxygen atoms in total. The van der Waals surface area contributed by atoms with Crippen molar-refractivity contribution in [3.8, 4) is 33.5 Å². The van der Waals surface area contributed by atoms with Crippen molar-refractivity contribution in [1.29, 1.82) is 0 Å². The molecule has 0 unspecified atom stereocenters. The van der Waals surface area contributed by atoms with Crippen LogP contribution in [0.5, 0.6) is 0 Å². The second kappa shape index (κ2) is 12.2. The maximum Gasteiger partial charge on any atom is 0.294 e.